The van der Waals surface area contributed by atoms with Gasteiger partial charge in [-0.1, -0.05) is 32.9 Å². The summed E-state index contributed by atoms with van der Waals surface area (Å²) in [4.78, 5) is 22.5. The zero-order valence-electron chi connectivity index (χ0n) is 13.5. The molecule has 0 aliphatic heterocycles. The van der Waals surface area contributed by atoms with Gasteiger partial charge < -0.3 is 15.1 Å². The van der Waals surface area contributed by atoms with E-state index >= 15 is 0 Å². The van der Waals surface area contributed by atoms with Crippen LogP contribution >= 0.6 is 0 Å². The van der Waals surface area contributed by atoms with Crippen molar-refractivity contribution in [2.75, 3.05) is 20.6 Å². The molecule has 21 heavy (non-hydrogen) atoms. The minimum atomic E-state index is -0.885. The molecule has 0 saturated carbocycles. The normalized spacial score (nSPS) is 9.71. The average molecular weight is 299 g/mol. The highest BCUT2D eigenvalue weighted by molar-refractivity contribution is 5.85. The first kappa shape index (κ1) is 21.7. The van der Waals surface area contributed by atoms with Gasteiger partial charge in [0.2, 0.25) is 0 Å². The molecule has 0 radical (unpaired) electrons. The van der Waals surface area contributed by atoms with Gasteiger partial charge in [-0.3, -0.25) is 0 Å². The van der Waals surface area contributed by atoms with Crippen LogP contribution < -0.4 is 0 Å². The third-order valence-electron chi connectivity index (χ3n) is 2.77. The Morgan fingerprint density at radius 1 is 0.905 bits per heavy atom. The highest BCUT2D eigenvalue weighted by atomic mass is 16.4. The van der Waals surface area contributed by atoms with Gasteiger partial charge in [-0.2, -0.15) is 0 Å². The maximum atomic E-state index is 10.3. The van der Waals surface area contributed by atoms with Crippen molar-refractivity contribution in [3.8, 4) is 0 Å². The van der Waals surface area contributed by atoms with E-state index in [0.717, 1.165) is 32.2 Å². The number of aliphatic carboxylic acids is 2. The fraction of sp³-hybridized carbons (Fsp3) is 0.625. The number of carbonyl (C=O) groups is 2. The van der Waals surface area contributed by atoms with Crippen molar-refractivity contribution in [3.05, 3.63) is 24.3 Å². The molecule has 5 heteroatoms. The zero-order valence-corrected chi connectivity index (χ0v) is 13.5. The van der Waals surface area contributed by atoms with Crippen LogP contribution in [0.5, 0.6) is 0 Å². The van der Waals surface area contributed by atoms with Crippen molar-refractivity contribution in [1.82, 2.24) is 4.90 Å². The van der Waals surface area contributed by atoms with Gasteiger partial charge in [-0.15, -0.1) is 0 Å². The molecule has 0 aliphatic rings. The summed E-state index contributed by atoms with van der Waals surface area (Å²) in [7, 11) is 3.92. The molecule has 0 unspecified atom stereocenters. The van der Waals surface area contributed by atoms with Crippen LogP contribution in [0.4, 0.5) is 0 Å². The van der Waals surface area contributed by atoms with Crippen molar-refractivity contribution in [2.24, 2.45) is 0 Å². The van der Waals surface area contributed by atoms with Crippen LogP contribution in [0.1, 0.15) is 45.4 Å². The Balaban J connectivity index is 0. The molecule has 0 amide bonds. The monoisotopic (exact) mass is 299 g/mol. The average Bonchev–Trinajstić information content (AvgIpc) is 2.38. The van der Waals surface area contributed by atoms with E-state index < -0.39 is 11.9 Å². The number of hydrogen-bond donors (Lipinski definition) is 2. The molecule has 0 aliphatic carbocycles. The largest absolute Gasteiger partial charge is 0.478 e. The van der Waals surface area contributed by atoms with Gasteiger partial charge in [-0.25, -0.2) is 9.59 Å². The van der Waals surface area contributed by atoms with E-state index in [1.807, 2.05) is 19.0 Å². The molecule has 0 aromatic carbocycles. The molecular weight excluding hydrogens is 270 g/mol. The van der Waals surface area contributed by atoms with E-state index in [0.29, 0.717) is 24.0 Å². The minimum Gasteiger partial charge on any atom is -0.478 e. The van der Waals surface area contributed by atoms with Gasteiger partial charge >= 0.3 is 11.9 Å². The van der Waals surface area contributed by atoms with Crippen LogP contribution in [-0.4, -0.2) is 47.7 Å². The van der Waals surface area contributed by atoms with Crippen molar-refractivity contribution in [1.29, 1.82) is 0 Å². The predicted molar refractivity (Wildman–Crippen MR) is 85.5 cm³/mol. The lowest BCUT2D eigenvalue weighted by Crippen LogP contribution is -2.13. The molecule has 0 bridgehead atoms. The van der Waals surface area contributed by atoms with E-state index in [2.05, 4.69) is 20.1 Å². The first-order chi connectivity index (χ1) is 9.72. The molecule has 0 fully saturated rings. The lowest BCUT2D eigenvalue weighted by atomic mass is 10.1. The molecule has 0 aromatic heterocycles. The summed E-state index contributed by atoms with van der Waals surface area (Å²) in [5.74, 6) is -1.75. The first-order valence-corrected chi connectivity index (χ1v) is 7.19. The predicted octanol–water partition coefficient (Wildman–Crippen LogP) is 3.18. The van der Waals surface area contributed by atoms with E-state index in [1.165, 1.54) is 0 Å². The molecule has 0 heterocycles. The van der Waals surface area contributed by atoms with Gasteiger partial charge in [0.1, 0.15) is 0 Å². The standard InChI is InChI=1S/C8H15NO2.C8H14O2/c1-7(8(10)11)5-4-6-9(2)3;1-3-4-5-6-7(2)8(9)10/h1,4-6H2,2-3H3,(H,10,11);2-6H2,1H3,(H,9,10). The number of rotatable bonds is 10. The Hall–Kier alpha value is -1.62. The van der Waals surface area contributed by atoms with Gasteiger partial charge in [0.15, 0.2) is 0 Å². The highest BCUT2D eigenvalue weighted by Crippen LogP contribution is 2.06. The summed E-state index contributed by atoms with van der Waals surface area (Å²) in [6.45, 7) is 9.86. The van der Waals surface area contributed by atoms with E-state index in [4.69, 9.17) is 10.2 Å². The van der Waals surface area contributed by atoms with Gasteiger partial charge in [0, 0.05) is 11.1 Å². The van der Waals surface area contributed by atoms with Gasteiger partial charge in [-0.05, 0) is 46.3 Å². The smallest absolute Gasteiger partial charge is 0.330 e. The molecule has 0 atom stereocenters. The van der Waals surface area contributed by atoms with E-state index in [-0.39, 0.29) is 0 Å². The van der Waals surface area contributed by atoms with Crippen molar-refractivity contribution in [3.63, 3.8) is 0 Å². The van der Waals surface area contributed by atoms with E-state index in [1.54, 1.807) is 0 Å². The second-order valence-electron chi connectivity index (χ2n) is 5.18. The Bertz CT molecular complexity index is 348. The van der Waals surface area contributed by atoms with Crippen molar-refractivity contribution < 1.29 is 19.8 Å². The fourth-order valence-corrected chi connectivity index (χ4v) is 1.41. The van der Waals surface area contributed by atoms with Crippen molar-refractivity contribution >= 4 is 11.9 Å². The molecule has 0 spiro atoms. The molecule has 2 N–H and O–H groups in total. The fourth-order valence-electron chi connectivity index (χ4n) is 1.41. The molecule has 0 aromatic rings. The Morgan fingerprint density at radius 2 is 1.33 bits per heavy atom. The highest BCUT2D eigenvalue weighted by Gasteiger charge is 2.02. The third-order valence-corrected chi connectivity index (χ3v) is 2.77. The first-order valence-electron chi connectivity index (χ1n) is 7.19. The lowest BCUT2D eigenvalue weighted by molar-refractivity contribution is -0.133. The maximum absolute atomic E-state index is 10.3. The van der Waals surface area contributed by atoms with E-state index in [9.17, 15) is 9.59 Å². The molecule has 0 rings (SSSR count). The van der Waals surface area contributed by atoms with Crippen LogP contribution in [0.2, 0.25) is 0 Å². The molecule has 122 valence electrons. The maximum Gasteiger partial charge on any atom is 0.330 e. The van der Waals surface area contributed by atoms with Crippen LogP contribution in [-0.2, 0) is 9.59 Å². The Labute approximate surface area is 128 Å². The summed E-state index contributed by atoms with van der Waals surface area (Å²) in [6.07, 6.45) is 5.22. The number of carboxylic acids is 2. The zero-order chi connectivity index (χ0) is 16.8. The molecule has 0 saturated heterocycles. The lowest BCUT2D eigenvalue weighted by Gasteiger charge is -2.08. The van der Waals surface area contributed by atoms with Gasteiger partial charge in [0.05, 0.1) is 0 Å². The summed E-state index contributed by atoms with van der Waals surface area (Å²) >= 11 is 0. The number of carboxylic acid groups (broad SMARTS) is 2. The van der Waals surface area contributed by atoms with Crippen molar-refractivity contribution in [2.45, 2.75) is 45.4 Å². The molecular formula is C16H29NO4. The summed E-state index contributed by atoms with van der Waals surface area (Å²) in [5, 5.41) is 16.8. The van der Waals surface area contributed by atoms with Crippen LogP contribution in [0.25, 0.3) is 0 Å². The van der Waals surface area contributed by atoms with Crippen LogP contribution in [0.3, 0.4) is 0 Å². The summed E-state index contributed by atoms with van der Waals surface area (Å²) in [5.41, 5.74) is 0.625. The quantitative estimate of drug-likeness (QED) is 0.478. The minimum absolute atomic E-state index is 0.298. The Morgan fingerprint density at radius 3 is 1.67 bits per heavy atom. The summed E-state index contributed by atoms with van der Waals surface area (Å²) < 4.78 is 0. The second-order valence-corrected chi connectivity index (χ2v) is 5.18. The number of nitrogens with zero attached hydrogens (tertiary/aromatic N) is 1. The topological polar surface area (TPSA) is 77.8 Å². The number of hydrogen-bond acceptors (Lipinski definition) is 3. The summed E-state index contributed by atoms with van der Waals surface area (Å²) in [6, 6.07) is 0. The SMILES string of the molecule is C=C(CCCCC)C(=O)O.C=C(CCCN(C)C)C(=O)O. The van der Waals surface area contributed by atoms with Crippen LogP contribution in [0.15, 0.2) is 24.3 Å². The van der Waals surface area contributed by atoms with Crippen LogP contribution in [0, 0.1) is 0 Å². The molecule has 5 nitrogen and oxygen atoms in total. The third kappa shape index (κ3) is 16.3. The second kappa shape index (κ2) is 13.4. The Kier molecular flexibility index (Phi) is 13.8. The van der Waals surface area contributed by atoms with Gasteiger partial charge in [0.25, 0.3) is 0 Å². The number of unbranched alkanes of at least 4 members (excludes halogenated alkanes) is 2.